The van der Waals surface area contributed by atoms with E-state index < -0.39 is 11.6 Å². The van der Waals surface area contributed by atoms with Crippen LogP contribution in [0.4, 0.5) is 8.78 Å². The van der Waals surface area contributed by atoms with E-state index in [9.17, 15) is 8.78 Å². The minimum atomic E-state index is -0.667. The van der Waals surface area contributed by atoms with Gasteiger partial charge in [-0.3, -0.25) is 0 Å². The second-order valence-corrected chi connectivity index (χ2v) is 4.86. The van der Waals surface area contributed by atoms with Gasteiger partial charge in [-0.2, -0.15) is 0 Å². The smallest absolute Gasteiger partial charge is 0.153 e. The fourth-order valence-electron chi connectivity index (χ4n) is 2.12. The Morgan fingerprint density at radius 1 is 1.24 bits per heavy atom. The van der Waals surface area contributed by atoms with Crippen LogP contribution in [0.15, 0.2) is 12.1 Å². The van der Waals surface area contributed by atoms with E-state index in [0.717, 1.165) is 6.07 Å². The molecular weight excluding hydrogens is 302 g/mol. The van der Waals surface area contributed by atoms with Crippen molar-refractivity contribution in [1.29, 1.82) is 0 Å². The third kappa shape index (κ3) is 3.90. The number of hydrogen-bond acceptors (Lipinski definition) is 3. The number of nitrogens with zero attached hydrogens (tertiary/aromatic N) is 2. The minimum absolute atomic E-state index is 0.161. The van der Waals surface area contributed by atoms with Crippen LogP contribution in [0.1, 0.15) is 5.82 Å². The lowest BCUT2D eigenvalue weighted by Crippen LogP contribution is -2.12. The number of methoxy groups -OCH3 is 1. The molecule has 2 rings (SSSR count). The van der Waals surface area contributed by atoms with Gasteiger partial charge in [-0.05, 0) is 6.07 Å². The normalized spacial score (nSPS) is 11.4. The Morgan fingerprint density at radius 2 is 2.05 bits per heavy atom. The molecule has 0 radical (unpaired) electrons. The van der Waals surface area contributed by atoms with E-state index in [0.29, 0.717) is 50.0 Å². The molecule has 0 aliphatic rings. The van der Waals surface area contributed by atoms with E-state index in [1.165, 1.54) is 6.07 Å². The molecule has 0 bridgehead atoms. The molecule has 1 aromatic carbocycles. The minimum Gasteiger partial charge on any atom is -0.382 e. The number of fused-ring (bicyclic) bond motifs is 1. The van der Waals surface area contributed by atoms with Gasteiger partial charge in [0.1, 0.15) is 17.2 Å². The summed E-state index contributed by atoms with van der Waals surface area (Å²) in [6, 6.07) is 2.11. The molecule has 0 fully saturated rings. The van der Waals surface area contributed by atoms with Gasteiger partial charge in [-0.1, -0.05) is 0 Å². The molecule has 0 aliphatic heterocycles. The number of imidazole rings is 1. The van der Waals surface area contributed by atoms with E-state index >= 15 is 0 Å². The molecule has 7 heteroatoms. The third-order valence-corrected chi connectivity index (χ3v) is 3.25. The van der Waals surface area contributed by atoms with E-state index in [1.54, 1.807) is 11.7 Å². The summed E-state index contributed by atoms with van der Waals surface area (Å²) in [6.07, 6.45) is 0.482. The molecule has 0 saturated heterocycles. The van der Waals surface area contributed by atoms with Crippen molar-refractivity contribution in [2.24, 2.45) is 0 Å². The van der Waals surface area contributed by atoms with Crippen molar-refractivity contribution in [3.8, 4) is 0 Å². The van der Waals surface area contributed by atoms with Gasteiger partial charge in [-0.25, -0.2) is 13.8 Å². The van der Waals surface area contributed by atoms with Gasteiger partial charge in [0.05, 0.1) is 25.3 Å². The summed E-state index contributed by atoms with van der Waals surface area (Å²) in [6.45, 7) is 1.83. The molecule has 4 nitrogen and oxygen atoms in total. The molecule has 21 heavy (non-hydrogen) atoms. The zero-order valence-electron chi connectivity index (χ0n) is 11.7. The van der Waals surface area contributed by atoms with Crippen molar-refractivity contribution in [3.05, 3.63) is 29.6 Å². The molecule has 1 aromatic heterocycles. The Morgan fingerprint density at radius 3 is 2.76 bits per heavy atom. The number of aromatic nitrogens is 2. The van der Waals surface area contributed by atoms with Crippen LogP contribution in [-0.4, -0.2) is 42.4 Å². The van der Waals surface area contributed by atoms with Crippen LogP contribution < -0.4 is 0 Å². The second kappa shape index (κ2) is 7.68. The first kappa shape index (κ1) is 16.1. The number of alkyl halides is 1. The van der Waals surface area contributed by atoms with Gasteiger partial charge in [0.2, 0.25) is 0 Å². The first-order valence-electron chi connectivity index (χ1n) is 6.64. The highest BCUT2D eigenvalue weighted by atomic mass is 35.5. The van der Waals surface area contributed by atoms with Crippen LogP contribution in [-0.2, 0) is 22.4 Å². The Hall–Kier alpha value is -1.24. The van der Waals surface area contributed by atoms with Crippen LogP contribution in [0.2, 0.25) is 0 Å². The lowest BCUT2D eigenvalue weighted by atomic mass is 10.3. The van der Waals surface area contributed by atoms with E-state index in [2.05, 4.69) is 4.98 Å². The molecule has 0 unspecified atom stereocenters. The second-order valence-electron chi connectivity index (χ2n) is 4.48. The molecular formula is C14H17ClF2N2O2. The maximum atomic E-state index is 13.8. The quantitative estimate of drug-likeness (QED) is 0.555. The van der Waals surface area contributed by atoms with Crippen LogP contribution in [0.5, 0.6) is 0 Å². The zero-order chi connectivity index (χ0) is 15.2. The topological polar surface area (TPSA) is 36.3 Å². The molecule has 0 saturated carbocycles. The van der Waals surface area contributed by atoms with E-state index in [1.807, 2.05) is 0 Å². The highest BCUT2D eigenvalue weighted by molar-refractivity contribution is 6.17. The average Bonchev–Trinajstić information content (AvgIpc) is 2.78. The summed E-state index contributed by atoms with van der Waals surface area (Å²) in [5.74, 6) is -0.309. The Bertz CT molecular complexity index is 604. The SMILES string of the molecule is COCCOCCn1c(CCCl)nc2c(F)cc(F)cc21. The van der Waals surface area contributed by atoms with Gasteiger partial charge in [-0.15, -0.1) is 11.6 Å². The summed E-state index contributed by atoms with van der Waals surface area (Å²) in [5, 5.41) is 0. The summed E-state index contributed by atoms with van der Waals surface area (Å²) in [4.78, 5) is 4.21. The number of ether oxygens (including phenoxy) is 2. The third-order valence-electron chi connectivity index (χ3n) is 3.06. The molecule has 0 spiro atoms. The highest BCUT2D eigenvalue weighted by Crippen LogP contribution is 2.21. The molecule has 0 atom stereocenters. The molecule has 2 aromatic rings. The maximum absolute atomic E-state index is 13.8. The largest absolute Gasteiger partial charge is 0.382 e. The Kier molecular flexibility index (Phi) is 5.90. The zero-order valence-corrected chi connectivity index (χ0v) is 12.5. The van der Waals surface area contributed by atoms with Crippen LogP contribution >= 0.6 is 11.6 Å². The van der Waals surface area contributed by atoms with E-state index in [-0.39, 0.29) is 5.52 Å². The number of benzene rings is 1. The van der Waals surface area contributed by atoms with Gasteiger partial charge in [0.25, 0.3) is 0 Å². The van der Waals surface area contributed by atoms with Crippen LogP contribution in [0.3, 0.4) is 0 Å². The average molecular weight is 319 g/mol. The fourth-order valence-corrected chi connectivity index (χ4v) is 2.29. The predicted molar refractivity (Wildman–Crippen MR) is 76.8 cm³/mol. The molecule has 116 valence electrons. The van der Waals surface area contributed by atoms with Crippen LogP contribution in [0, 0.1) is 11.6 Å². The van der Waals surface area contributed by atoms with E-state index in [4.69, 9.17) is 21.1 Å². The number of hydrogen-bond donors (Lipinski definition) is 0. The predicted octanol–water partition coefficient (Wildman–Crippen LogP) is 2.76. The maximum Gasteiger partial charge on any atom is 0.153 e. The molecule has 0 N–H and O–H groups in total. The molecule has 1 heterocycles. The fraction of sp³-hybridized carbons (Fsp3) is 0.500. The van der Waals surface area contributed by atoms with Gasteiger partial charge in [0, 0.05) is 32.0 Å². The summed E-state index contributed by atoms with van der Waals surface area (Å²) < 4.78 is 39.2. The first-order chi connectivity index (χ1) is 10.2. The number of aryl methyl sites for hydroxylation is 1. The van der Waals surface area contributed by atoms with Crippen molar-refractivity contribution in [3.63, 3.8) is 0 Å². The lowest BCUT2D eigenvalue weighted by molar-refractivity contribution is 0.0667. The summed E-state index contributed by atoms with van der Waals surface area (Å²) in [7, 11) is 1.59. The van der Waals surface area contributed by atoms with Gasteiger partial charge >= 0.3 is 0 Å². The van der Waals surface area contributed by atoms with Crippen molar-refractivity contribution in [2.45, 2.75) is 13.0 Å². The molecule has 0 aliphatic carbocycles. The first-order valence-corrected chi connectivity index (χ1v) is 7.17. The standard InChI is InChI=1S/C14H17ClF2N2O2/c1-20-6-7-21-5-4-19-12-9-10(16)8-11(17)14(12)18-13(19)2-3-15/h8-9H,2-7H2,1H3. The Balaban J connectivity index is 2.23. The van der Waals surface area contributed by atoms with Crippen molar-refractivity contribution < 1.29 is 18.3 Å². The summed E-state index contributed by atoms with van der Waals surface area (Å²) in [5.41, 5.74) is 0.580. The van der Waals surface area contributed by atoms with Crippen molar-refractivity contribution in [2.75, 3.05) is 32.8 Å². The monoisotopic (exact) mass is 318 g/mol. The van der Waals surface area contributed by atoms with Crippen molar-refractivity contribution in [1.82, 2.24) is 9.55 Å². The van der Waals surface area contributed by atoms with Crippen molar-refractivity contribution >= 4 is 22.6 Å². The summed E-state index contributed by atoms with van der Waals surface area (Å²) >= 11 is 5.74. The van der Waals surface area contributed by atoms with Gasteiger partial charge in [0.15, 0.2) is 5.82 Å². The van der Waals surface area contributed by atoms with Gasteiger partial charge < -0.3 is 14.0 Å². The highest BCUT2D eigenvalue weighted by Gasteiger charge is 2.15. The number of rotatable bonds is 8. The lowest BCUT2D eigenvalue weighted by Gasteiger charge is -2.09. The van der Waals surface area contributed by atoms with Crippen LogP contribution in [0.25, 0.3) is 11.0 Å². The number of halogens is 3. The molecule has 0 amide bonds. The Labute approximate surface area is 126 Å².